The number of carbonyl (C=O) groups is 2. The molecule has 0 radical (unpaired) electrons. The molecule has 16 heavy (non-hydrogen) atoms. The topological polar surface area (TPSA) is 66.4 Å². The molecule has 0 saturated heterocycles. The van der Waals surface area contributed by atoms with Gasteiger partial charge in [0.25, 0.3) is 0 Å². The lowest BCUT2D eigenvalue weighted by atomic mass is 9.90. The van der Waals surface area contributed by atoms with Crippen LogP contribution in [0.2, 0.25) is 0 Å². The second-order valence-electron chi connectivity index (χ2n) is 5.26. The lowest BCUT2D eigenvalue weighted by Crippen LogP contribution is -2.44. The van der Waals surface area contributed by atoms with Crippen LogP contribution in [0.3, 0.4) is 0 Å². The molecule has 2 N–H and O–H groups in total. The standard InChI is InChI=1S/C12H19NO3/c1-7-5-9(10(6-7)12(15)16)11(14)13-8-3-2-4-8/h7-10H,2-6H2,1H3,(H,13,14)(H,15,16). The molecule has 0 bridgehead atoms. The molecular weight excluding hydrogens is 206 g/mol. The van der Waals surface area contributed by atoms with E-state index in [4.69, 9.17) is 5.11 Å². The van der Waals surface area contributed by atoms with Crippen molar-refractivity contribution in [1.82, 2.24) is 5.32 Å². The first kappa shape index (κ1) is 11.4. The Kier molecular flexibility index (Phi) is 3.17. The van der Waals surface area contributed by atoms with Gasteiger partial charge in [-0.05, 0) is 38.0 Å². The molecule has 0 aromatic rings. The fourth-order valence-electron chi connectivity index (χ4n) is 2.72. The quantitative estimate of drug-likeness (QED) is 0.763. The third kappa shape index (κ3) is 2.20. The molecule has 2 aliphatic rings. The average molecular weight is 225 g/mol. The molecule has 0 aromatic heterocycles. The summed E-state index contributed by atoms with van der Waals surface area (Å²) in [6.45, 7) is 2.02. The lowest BCUT2D eigenvalue weighted by molar-refractivity contribution is -0.146. The summed E-state index contributed by atoms with van der Waals surface area (Å²) in [5, 5.41) is 12.0. The van der Waals surface area contributed by atoms with Crippen LogP contribution in [0.1, 0.15) is 39.0 Å². The summed E-state index contributed by atoms with van der Waals surface area (Å²) in [5.41, 5.74) is 0. The third-order valence-corrected chi connectivity index (χ3v) is 3.90. The van der Waals surface area contributed by atoms with Crippen LogP contribution in [0.15, 0.2) is 0 Å². The Morgan fingerprint density at radius 3 is 2.31 bits per heavy atom. The van der Waals surface area contributed by atoms with Crippen LogP contribution in [-0.4, -0.2) is 23.0 Å². The van der Waals surface area contributed by atoms with E-state index in [0.717, 1.165) is 19.3 Å². The Bertz CT molecular complexity index is 299. The van der Waals surface area contributed by atoms with Crippen LogP contribution >= 0.6 is 0 Å². The minimum absolute atomic E-state index is 0.0403. The van der Waals surface area contributed by atoms with Crippen molar-refractivity contribution in [1.29, 1.82) is 0 Å². The van der Waals surface area contributed by atoms with E-state index in [2.05, 4.69) is 5.32 Å². The molecule has 2 fully saturated rings. The highest BCUT2D eigenvalue weighted by Gasteiger charge is 2.41. The van der Waals surface area contributed by atoms with Gasteiger partial charge in [-0.25, -0.2) is 0 Å². The molecule has 4 nitrogen and oxygen atoms in total. The van der Waals surface area contributed by atoms with Crippen LogP contribution in [0, 0.1) is 17.8 Å². The number of hydrogen-bond donors (Lipinski definition) is 2. The summed E-state index contributed by atoms with van der Waals surface area (Å²) in [7, 11) is 0. The van der Waals surface area contributed by atoms with Gasteiger partial charge in [-0.15, -0.1) is 0 Å². The molecule has 0 heterocycles. The minimum atomic E-state index is -0.821. The highest BCUT2D eigenvalue weighted by molar-refractivity contribution is 5.85. The van der Waals surface area contributed by atoms with Crippen molar-refractivity contribution in [3.63, 3.8) is 0 Å². The Morgan fingerprint density at radius 1 is 1.19 bits per heavy atom. The largest absolute Gasteiger partial charge is 0.481 e. The summed E-state index contributed by atoms with van der Waals surface area (Å²) in [5.74, 6) is -1.30. The van der Waals surface area contributed by atoms with Crippen LogP contribution in [0.25, 0.3) is 0 Å². The molecular formula is C12H19NO3. The molecule has 2 saturated carbocycles. The highest BCUT2D eigenvalue weighted by atomic mass is 16.4. The van der Waals surface area contributed by atoms with Crippen molar-refractivity contribution in [2.24, 2.45) is 17.8 Å². The normalized spacial score (nSPS) is 34.4. The Hall–Kier alpha value is -1.06. The molecule has 4 heteroatoms. The fraction of sp³-hybridized carbons (Fsp3) is 0.833. The molecule has 2 aliphatic carbocycles. The Balaban J connectivity index is 1.95. The van der Waals surface area contributed by atoms with Gasteiger partial charge in [-0.2, -0.15) is 0 Å². The zero-order chi connectivity index (χ0) is 11.7. The Labute approximate surface area is 95.4 Å². The van der Waals surface area contributed by atoms with Gasteiger partial charge < -0.3 is 10.4 Å². The number of hydrogen-bond acceptors (Lipinski definition) is 2. The first-order valence-corrected chi connectivity index (χ1v) is 6.11. The predicted octanol–water partition coefficient (Wildman–Crippen LogP) is 1.40. The zero-order valence-electron chi connectivity index (χ0n) is 9.61. The second-order valence-corrected chi connectivity index (χ2v) is 5.26. The highest BCUT2D eigenvalue weighted by Crippen LogP contribution is 2.36. The number of carboxylic acids is 1. The van der Waals surface area contributed by atoms with Crippen molar-refractivity contribution >= 4 is 11.9 Å². The summed E-state index contributed by atoms with van der Waals surface area (Å²) < 4.78 is 0. The van der Waals surface area contributed by atoms with Crippen molar-refractivity contribution in [2.45, 2.75) is 45.1 Å². The molecule has 3 atom stereocenters. The van der Waals surface area contributed by atoms with E-state index in [1.807, 2.05) is 6.92 Å². The van der Waals surface area contributed by atoms with E-state index in [-0.39, 0.29) is 11.8 Å². The zero-order valence-corrected chi connectivity index (χ0v) is 9.61. The van der Waals surface area contributed by atoms with E-state index in [1.165, 1.54) is 6.42 Å². The second kappa shape index (κ2) is 4.44. The van der Waals surface area contributed by atoms with Crippen molar-refractivity contribution in [2.75, 3.05) is 0 Å². The number of carbonyl (C=O) groups excluding carboxylic acids is 1. The maximum Gasteiger partial charge on any atom is 0.307 e. The maximum atomic E-state index is 11.9. The summed E-state index contributed by atoms with van der Waals surface area (Å²) in [6.07, 6.45) is 4.62. The average Bonchev–Trinajstić information content (AvgIpc) is 2.53. The van der Waals surface area contributed by atoms with Gasteiger partial charge in [-0.3, -0.25) is 9.59 Å². The van der Waals surface area contributed by atoms with E-state index >= 15 is 0 Å². The number of nitrogens with one attached hydrogen (secondary N) is 1. The number of carboxylic acid groups (broad SMARTS) is 1. The van der Waals surface area contributed by atoms with Crippen LogP contribution in [0.5, 0.6) is 0 Å². The molecule has 0 spiro atoms. The van der Waals surface area contributed by atoms with E-state index in [0.29, 0.717) is 18.4 Å². The smallest absolute Gasteiger partial charge is 0.307 e. The number of aliphatic carboxylic acids is 1. The van der Waals surface area contributed by atoms with Crippen molar-refractivity contribution < 1.29 is 14.7 Å². The summed E-state index contributed by atoms with van der Waals surface area (Å²) in [4.78, 5) is 23.0. The maximum absolute atomic E-state index is 11.9. The van der Waals surface area contributed by atoms with Gasteiger partial charge >= 0.3 is 5.97 Å². The lowest BCUT2D eigenvalue weighted by Gasteiger charge is -2.28. The monoisotopic (exact) mass is 225 g/mol. The van der Waals surface area contributed by atoms with Gasteiger partial charge in [0.1, 0.15) is 0 Å². The van der Waals surface area contributed by atoms with Gasteiger partial charge in [0, 0.05) is 6.04 Å². The van der Waals surface area contributed by atoms with E-state index in [9.17, 15) is 9.59 Å². The van der Waals surface area contributed by atoms with Gasteiger partial charge in [-0.1, -0.05) is 6.92 Å². The van der Waals surface area contributed by atoms with E-state index < -0.39 is 11.9 Å². The van der Waals surface area contributed by atoms with Crippen molar-refractivity contribution in [3.05, 3.63) is 0 Å². The number of amides is 1. The minimum Gasteiger partial charge on any atom is -0.481 e. The van der Waals surface area contributed by atoms with Gasteiger partial charge in [0.2, 0.25) is 5.91 Å². The van der Waals surface area contributed by atoms with Gasteiger partial charge in [0.15, 0.2) is 0 Å². The van der Waals surface area contributed by atoms with Crippen LogP contribution in [-0.2, 0) is 9.59 Å². The Morgan fingerprint density at radius 2 is 1.81 bits per heavy atom. The molecule has 0 aromatic carbocycles. The van der Waals surface area contributed by atoms with Crippen molar-refractivity contribution in [3.8, 4) is 0 Å². The molecule has 90 valence electrons. The van der Waals surface area contributed by atoms with Crippen LogP contribution < -0.4 is 5.32 Å². The first-order chi connectivity index (χ1) is 7.58. The van der Waals surface area contributed by atoms with Crippen LogP contribution in [0.4, 0.5) is 0 Å². The fourth-order valence-corrected chi connectivity index (χ4v) is 2.72. The third-order valence-electron chi connectivity index (χ3n) is 3.90. The number of rotatable bonds is 3. The van der Waals surface area contributed by atoms with Gasteiger partial charge in [0.05, 0.1) is 11.8 Å². The molecule has 0 aliphatic heterocycles. The summed E-state index contributed by atoms with van der Waals surface area (Å²) >= 11 is 0. The molecule has 1 amide bonds. The molecule has 3 unspecified atom stereocenters. The first-order valence-electron chi connectivity index (χ1n) is 6.11. The molecule has 2 rings (SSSR count). The SMILES string of the molecule is CC1CC(C(=O)O)C(C(=O)NC2CCC2)C1. The predicted molar refractivity (Wildman–Crippen MR) is 58.8 cm³/mol. The summed E-state index contributed by atoms with van der Waals surface area (Å²) in [6, 6.07) is 0.304. The van der Waals surface area contributed by atoms with E-state index in [1.54, 1.807) is 0 Å².